The molecule has 2 heterocycles. The van der Waals surface area contributed by atoms with Gasteiger partial charge in [0.1, 0.15) is 10.6 Å². The smallest absolute Gasteiger partial charge is 0.352 e. The van der Waals surface area contributed by atoms with Crippen LogP contribution in [0.15, 0.2) is 47.5 Å². The van der Waals surface area contributed by atoms with E-state index in [4.69, 9.17) is 0 Å². The average Bonchev–Trinajstić information content (AvgIpc) is 2.98. The van der Waals surface area contributed by atoms with Crippen LogP contribution in [0.5, 0.6) is 0 Å². The number of aromatic nitrogens is 1. The second kappa shape index (κ2) is 6.62. The van der Waals surface area contributed by atoms with E-state index in [9.17, 15) is 18.3 Å². The Morgan fingerprint density at radius 1 is 1.16 bits per heavy atom. The molecule has 1 aliphatic rings. The molecule has 0 spiro atoms. The van der Waals surface area contributed by atoms with E-state index < -0.39 is 16.0 Å². The number of benzene rings is 1. The molecule has 1 aromatic carbocycles. The fraction of sp³-hybridized carbons (Fsp3) is 0.353. The maximum absolute atomic E-state index is 13.2. The Bertz CT molecular complexity index is 877. The van der Waals surface area contributed by atoms with Gasteiger partial charge in [-0.2, -0.15) is 4.31 Å². The zero-order valence-electron chi connectivity index (χ0n) is 14.2. The predicted octanol–water partition coefficient (Wildman–Crippen LogP) is 1.40. The predicted molar refractivity (Wildman–Crippen MR) is 92.9 cm³/mol. The average molecular weight is 363 g/mol. The van der Waals surface area contributed by atoms with E-state index in [1.54, 1.807) is 0 Å². The zero-order valence-corrected chi connectivity index (χ0v) is 15.0. The number of hydrogen-bond donors (Lipinski definition) is 1. The molecule has 1 fully saturated rings. The van der Waals surface area contributed by atoms with Crippen molar-refractivity contribution in [2.75, 3.05) is 26.7 Å². The number of hydrogen-bond acceptors (Lipinski definition) is 4. The lowest BCUT2D eigenvalue weighted by Gasteiger charge is -2.39. The maximum atomic E-state index is 13.2. The number of carboxylic acid groups (broad SMARTS) is 1. The van der Waals surface area contributed by atoms with Crippen molar-refractivity contribution in [1.82, 2.24) is 13.8 Å². The molecule has 0 unspecified atom stereocenters. The van der Waals surface area contributed by atoms with Gasteiger partial charge in [-0.05, 0) is 18.7 Å². The topological polar surface area (TPSA) is 82.8 Å². The molecule has 1 aromatic heterocycles. The molecule has 0 amide bonds. The normalized spacial score (nSPS) is 19.8. The van der Waals surface area contributed by atoms with Crippen LogP contribution in [0.2, 0.25) is 0 Å². The third-order valence-corrected chi connectivity index (χ3v) is 6.40. The van der Waals surface area contributed by atoms with E-state index in [0.29, 0.717) is 19.6 Å². The lowest BCUT2D eigenvalue weighted by molar-refractivity contribution is 0.0686. The molecule has 0 aliphatic carbocycles. The van der Waals surface area contributed by atoms with Gasteiger partial charge in [-0.1, -0.05) is 30.3 Å². The molecule has 3 rings (SSSR count). The van der Waals surface area contributed by atoms with Crippen LogP contribution in [0, 0.1) is 0 Å². The third kappa shape index (κ3) is 3.33. The van der Waals surface area contributed by atoms with Crippen molar-refractivity contribution in [3.8, 4) is 0 Å². The Labute approximate surface area is 147 Å². The van der Waals surface area contributed by atoms with E-state index >= 15 is 0 Å². The molecule has 1 saturated heterocycles. The number of aryl methyl sites for hydroxylation is 1. The van der Waals surface area contributed by atoms with Crippen molar-refractivity contribution in [1.29, 1.82) is 0 Å². The molecule has 25 heavy (non-hydrogen) atoms. The van der Waals surface area contributed by atoms with Gasteiger partial charge >= 0.3 is 5.97 Å². The molecule has 2 aromatic rings. The van der Waals surface area contributed by atoms with Gasteiger partial charge in [0.15, 0.2) is 0 Å². The number of carboxylic acids is 1. The van der Waals surface area contributed by atoms with Crippen LogP contribution in [-0.2, 0) is 17.1 Å². The first-order chi connectivity index (χ1) is 11.8. The lowest BCUT2D eigenvalue weighted by Crippen LogP contribution is -2.49. The molecule has 1 N–H and O–H groups in total. The van der Waals surface area contributed by atoms with Crippen LogP contribution < -0.4 is 0 Å². The summed E-state index contributed by atoms with van der Waals surface area (Å²) in [6, 6.07) is 10.4. The van der Waals surface area contributed by atoms with Gasteiger partial charge in [-0.25, -0.2) is 13.2 Å². The molecule has 8 heteroatoms. The van der Waals surface area contributed by atoms with Crippen LogP contribution in [-0.4, -0.2) is 59.9 Å². The number of nitrogens with zero attached hydrogens (tertiary/aromatic N) is 3. The Kier molecular flexibility index (Phi) is 4.68. The third-order valence-electron chi connectivity index (χ3n) is 4.52. The highest BCUT2D eigenvalue weighted by Crippen LogP contribution is 2.31. The summed E-state index contributed by atoms with van der Waals surface area (Å²) in [4.78, 5) is 13.3. The van der Waals surface area contributed by atoms with E-state index in [2.05, 4.69) is 4.90 Å². The summed E-state index contributed by atoms with van der Waals surface area (Å²) in [6.45, 7) is 1.57. The van der Waals surface area contributed by atoms with Gasteiger partial charge in [-0.15, -0.1) is 0 Å². The molecule has 134 valence electrons. The molecule has 0 radical (unpaired) electrons. The Balaban J connectivity index is 2.02. The largest absolute Gasteiger partial charge is 0.477 e. The fourth-order valence-electron chi connectivity index (χ4n) is 3.16. The summed E-state index contributed by atoms with van der Waals surface area (Å²) in [5.41, 5.74) is 0.871. The van der Waals surface area contributed by atoms with Crippen LogP contribution in [0.1, 0.15) is 22.1 Å². The molecule has 7 nitrogen and oxygen atoms in total. The van der Waals surface area contributed by atoms with Crippen LogP contribution in [0.3, 0.4) is 0 Å². The van der Waals surface area contributed by atoms with Gasteiger partial charge in [0.25, 0.3) is 0 Å². The van der Waals surface area contributed by atoms with Crippen molar-refractivity contribution in [2.45, 2.75) is 10.9 Å². The van der Waals surface area contributed by atoms with Gasteiger partial charge < -0.3 is 14.6 Å². The van der Waals surface area contributed by atoms with E-state index in [-0.39, 0.29) is 16.6 Å². The van der Waals surface area contributed by atoms with Crippen molar-refractivity contribution >= 4 is 16.0 Å². The van der Waals surface area contributed by atoms with Gasteiger partial charge in [-0.3, -0.25) is 0 Å². The number of aromatic carboxylic acids is 1. The van der Waals surface area contributed by atoms with E-state index in [1.807, 2.05) is 37.4 Å². The fourth-order valence-corrected chi connectivity index (χ4v) is 4.83. The minimum absolute atomic E-state index is 0.0119. The highest BCUT2D eigenvalue weighted by atomic mass is 32.2. The Morgan fingerprint density at radius 2 is 1.84 bits per heavy atom. The van der Waals surface area contributed by atoms with Gasteiger partial charge in [0.05, 0.1) is 6.04 Å². The summed E-state index contributed by atoms with van der Waals surface area (Å²) in [6.07, 6.45) is 1.36. The highest BCUT2D eigenvalue weighted by Gasteiger charge is 2.37. The van der Waals surface area contributed by atoms with Crippen LogP contribution >= 0.6 is 0 Å². The second-order valence-electron chi connectivity index (χ2n) is 6.28. The molecule has 0 saturated carbocycles. The van der Waals surface area contributed by atoms with Crippen molar-refractivity contribution < 1.29 is 18.3 Å². The quantitative estimate of drug-likeness (QED) is 0.888. The number of piperazine rings is 1. The standard InChI is InChI=1S/C17H21N3O4S/c1-18-8-9-20(16(12-18)13-6-4-3-5-7-13)25(23,24)14-10-15(17(21)22)19(2)11-14/h3-7,10-11,16H,8-9,12H2,1-2H3,(H,21,22)/t16-/m0/s1. The summed E-state index contributed by atoms with van der Waals surface area (Å²) in [5, 5.41) is 9.18. The number of rotatable bonds is 4. The molecular formula is C17H21N3O4S. The Morgan fingerprint density at radius 3 is 2.44 bits per heavy atom. The lowest BCUT2D eigenvalue weighted by atomic mass is 10.1. The first-order valence-electron chi connectivity index (χ1n) is 7.95. The summed E-state index contributed by atoms with van der Waals surface area (Å²) >= 11 is 0. The molecule has 0 bridgehead atoms. The zero-order chi connectivity index (χ0) is 18.2. The minimum atomic E-state index is -3.80. The molecule has 1 aliphatic heterocycles. The highest BCUT2D eigenvalue weighted by molar-refractivity contribution is 7.89. The van der Waals surface area contributed by atoms with Crippen molar-refractivity contribution in [3.63, 3.8) is 0 Å². The van der Waals surface area contributed by atoms with Crippen LogP contribution in [0.4, 0.5) is 0 Å². The van der Waals surface area contributed by atoms with E-state index in [1.165, 1.54) is 28.2 Å². The number of carbonyl (C=O) groups is 1. The Hall–Kier alpha value is -2.16. The molecular weight excluding hydrogens is 342 g/mol. The second-order valence-corrected chi connectivity index (χ2v) is 8.17. The van der Waals surface area contributed by atoms with Crippen molar-refractivity contribution in [2.24, 2.45) is 7.05 Å². The van der Waals surface area contributed by atoms with Crippen LogP contribution in [0.25, 0.3) is 0 Å². The number of sulfonamides is 1. The SMILES string of the molecule is CN1CCN(S(=O)(=O)c2cc(C(=O)O)n(C)c2)[C@H](c2ccccc2)C1. The van der Waals surface area contributed by atoms with Crippen molar-refractivity contribution in [3.05, 3.63) is 53.9 Å². The van der Waals surface area contributed by atoms with Gasteiger partial charge in [0, 0.05) is 32.9 Å². The van der Waals surface area contributed by atoms with Gasteiger partial charge in [0.2, 0.25) is 10.0 Å². The maximum Gasteiger partial charge on any atom is 0.352 e. The monoisotopic (exact) mass is 363 g/mol. The van der Waals surface area contributed by atoms with E-state index in [0.717, 1.165) is 5.56 Å². The number of likely N-dealkylation sites (N-methyl/N-ethyl adjacent to an activating group) is 1. The minimum Gasteiger partial charge on any atom is -0.477 e. The first kappa shape index (κ1) is 17.7. The summed E-state index contributed by atoms with van der Waals surface area (Å²) in [5.74, 6) is -1.15. The first-order valence-corrected chi connectivity index (χ1v) is 9.39. The summed E-state index contributed by atoms with van der Waals surface area (Å²) < 4.78 is 29.1. The molecule has 1 atom stereocenters. The summed E-state index contributed by atoms with van der Waals surface area (Å²) in [7, 11) is -0.303.